The first kappa shape index (κ1) is 16.3. The van der Waals surface area contributed by atoms with Crippen molar-refractivity contribution in [2.45, 2.75) is 0 Å². The second-order valence-corrected chi connectivity index (χ2v) is 4.51. The summed E-state index contributed by atoms with van der Waals surface area (Å²) in [5.74, 6) is 0.420. The Morgan fingerprint density at radius 3 is 2.75 bits per heavy atom. The van der Waals surface area contributed by atoms with Gasteiger partial charge < -0.3 is 25.4 Å². The average molecular weight is 281 g/mol. The van der Waals surface area contributed by atoms with Gasteiger partial charge in [-0.15, -0.1) is 0 Å². The minimum Gasteiger partial charge on any atom is -0.497 e. The Morgan fingerprint density at radius 1 is 1.35 bits per heavy atom. The van der Waals surface area contributed by atoms with Crippen LogP contribution in [0.5, 0.6) is 5.75 Å². The van der Waals surface area contributed by atoms with Crippen LogP contribution < -0.4 is 15.8 Å². The molecule has 1 aromatic rings. The number of anilines is 1. The van der Waals surface area contributed by atoms with E-state index in [0.29, 0.717) is 30.2 Å². The lowest BCUT2D eigenvalue weighted by molar-refractivity contribution is 0.0948. The third-order valence-corrected chi connectivity index (χ3v) is 2.96. The van der Waals surface area contributed by atoms with Crippen molar-refractivity contribution in [1.82, 2.24) is 10.2 Å². The molecule has 0 aromatic heterocycles. The molecule has 112 valence electrons. The van der Waals surface area contributed by atoms with Gasteiger partial charge in [0, 0.05) is 32.4 Å². The summed E-state index contributed by atoms with van der Waals surface area (Å²) in [6.07, 6.45) is 0. The third kappa shape index (κ3) is 5.07. The Kier molecular flexibility index (Phi) is 6.83. The molecule has 0 bridgehead atoms. The molecule has 0 aliphatic carbocycles. The molecule has 0 aliphatic heterocycles. The maximum Gasteiger partial charge on any atom is 0.253 e. The number of amides is 1. The van der Waals surface area contributed by atoms with Gasteiger partial charge in [0.2, 0.25) is 0 Å². The summed E-state index contributed by atoms with van der Waals surface area (Å²) in [5.41, 5.74) is 6.67. The van der Waals surface area contributed by atoms with Gasteiger partial charge in [-0.3, -0.25) is 4.79 Å². The Labute approximate surface area is 119 Å². The summed E-state index contributed by atoms with van der Waals surface area (Å²) in [6.45, 7) is 2.80. The van der Waals surface area contributed by atoms with E-state index in [1.165, 1.54) is 0 Å². The second kappa shape index (κ2) is 8.39. The number of ether oxygens (including phenoxy) is 2. The SMILES string of the molecule is COCCN(C)CCNC(=O)c1cc(OC)ccc1N. The molecule has 1 rings (SSSR count). The van der Waals surface area contributed by atoms with Gasteiger partial charge in [-0.05, 0) is 25.2 Å². The summed E-state index contributed by atoms with van der Waals surface area (Å²) in [5, 5.41) is 2.84. The molecule has 20 heavy (non-hydrogen) atoms. The number of carbonyl (C=O) groups is 1. The van der Waals surface area contributed by atoms with Gasteiger partial charge in [-0.1, -0.05) is 0 Å². The van der Waals surface area contributed by atoms with E-state index < -0.39 is 0 Å². The standard InChI is InChI=1S/C14H23N3O3/c1-17(8-9-19-2)7-6-16-14(18)12-10-11(20-3)4-5-13(12)15/h4-5,10H,6-9,15H2,1-3H3,(H,16,18). The molecule has 0 saturated heterocycles. The number of hydrogen-bond acceptors (Lipinski definition) is 5. The van der Waals surface area contributed by atoms with Gasteiger partial charge in [-0.2, -0.15) is 0 Å². The number of carbonyl (C=O) groups excluding carboxylic acids is 1. The van der Waals surface area contributed by atoms with E-state index in [1.54, 1.807) is 32.4 Å². The number of rotatable bonds is 8. The van der Waals surface area contributed by atoms with Crippen LogP contribution in [-0.2, 0) is 4.74 Å². The number of nitrogen functional groups attached to an aromatic ring is 1. The zero-order valence-corrected chi connectivity index (χ0v) is 12.3. The highest BCUT2D eigenvalue weighted by molar-refractivity contribution is 5.99. The lowest BCUT2D eigenvalue weighted by Crippen LogP contribution is -2.34. The van der Waals surface area contributed by atoms with E-state index >= 15 is 0 Å². The lowest BCUT2D eigenvalue weighted by atomic mass is 10.1. The van der Waals surface area contributed by atoms with Crippen LogP contribution in [-0.4, -0.2) is 58.3 Å². The normalized spacial score (nSPS) is 10.6. The van der Waals surface area contributed by atoms with Gasteiger partial charge in [0.15, 0.2) is 0 Å². The summed E-state index contributed by atoms with van der Waals surface area (Å²) in [4.78, 5) is 14.1. The van der Waals surface area contributed by atoms with Gasteiger partial charge >= 0.3 is 0 Å². The first-order chi connectivity index (χ1) is 9.58. The van der Waals surface area contributed by atoms with Gasteiger partial charge in [0.1, 0.15) is 5.75 Å². The summed E-state index contributed by atoms with van der Waals surface area (Å²) in [7, 11) is 5.20. The summed E-state index contributed by atoms with van der Waals surface area (Å²) >= 11 is 0. The smallest absolute Gasteiger partial charge is 0.253 e. The Hall–Kier alpha value is -1.79. The Bertz CT molecular complexity index is 438. The first-order valence-electron chi connectivity index (χ1n) is 6.47. The topological polar surface area (TPSA) is 76.8 Å². The monoisotopic (exact) mass is 281 g/mol. The van der Waals surface area contributed by atoms with Crippen LogP contribution in [0.3, 0.4) is 0 Å². The summed E-state index contributed by atoms with van der Waals surface area (Å²) in [6, 6.07) is 5.03. The highest BCUT2D eigenvalue weighted by atomic mass is 16.5. The third-order valence-electron chi connectivity index (χ3n) is 2.96. The van der Waals surface area contributed by atoms with Crippen LogP contribution in [0, 0.1) is 0 Å². The maximum absolute atomic E-state index is 12.0. The molecule has 1 amide bonds. The van der Waals surface area contributed by atoms with Crippen LogP contribution in [0.4, 0.5) is 5.69 Å². The fraction of sp³-hybridized carbons (Fsp3) is 0.500. The molecule has 1 aromatic carbocycles. The van der Waals surface area contributed by atoms with Crippen molar-refractivity contribution in [1.29, 1.82) is 0 Å². The van der Waals surface area contributed by atoms with Crippen LogP contribution in [0.2, 0.25) is 0 Å². The first-order valence-corrected chi connectivity index (χ1v) is 6.47. The van der Waals surface area contributed by atoms with Crippen molar-refractivity contribution in [3.63, 3.8) is 0 Å². The Balaban J connectivity index is 2.46. The highest BCUT2D eigenvalue weighted by Gasteiger charge is 2.10. The molecule has 0 saturated carbocycles. The van der Waals surface area contributed by atoms with Crippen molar-refractivity contribution in [3.8, 4) is 5.75 Å². The van der Waals surface area contributed by atoms with Gasteiger partial charge in [0.25, 0.3) is 5.91 Å². The molecule has 0 radical (unpaired) electrons. The number of nitrogens with two attached hydrogens (primary N) is 1. The average Bonchev–Trinajstić information content (AvgIpc) is 2.45. The molecule has 3 N–H and O–H groups in total. The van der Waals surface area contributed by atoms with Gasteiger partial charge in [-0.25, -0.2) is 0 Å². The molecular weight excluding hydrogens is 258 g/mol. The predicted octanol–water partition coefficient (Wildman–Crippen LogP) is 0.585. The molecule has 0 fully saturated rings. The van der Waals surface area contributed by atoms with E-state index in [-0.39, 0.29) is 5.91 Å². The number of nitrogens with zero attached hydrogens (tertiary/aromatic N) is 1. The van der Waals surface area contributed by atoms with Crippen molar-refractivity contribution < 1.29 is 14.3 Å². The molecule has 0 atom stereocenters. The summed E-state index contributed by atoms with van der Waals surface area (Å²) < 4.78 is 10.1. The number of nitrogens with one attached hydrogen (secondary N) is 1. The predicted molar refractivity (Wildman–Crippen MR) is 79.1 cm³/mol. The second-order valence-electron chi connectivity index (χ2n) is 4.51. The molecule has 0 heterocycles. The van der Waals surface area contributed by atoms with Crippen molar-refractivity contribution in [3.05, 3.63) is 23.8 Å². The van der Waals surface area contributed by atoms with Crippen LogP contribution >= 0.6 is 0 Å². The van der Waals surface area contributed by atoms with E-state index in [2.05, 4.69) is 10.2 Å². The molecule has 0 unspecified atom stereocenters. The van der Waals surface area contributed by atoms with Crippen LogP contribution in [0.25, 0.3) is 0 Å². The van der Waals surface area contributed by atoms with E-state index in [4.69, 9.17) is 15.2 Å². The van der Waals surface area contributed by atoms with Crippen molar-refractivity contribution in [2.24, 2.45) is 0 Å². The number of likely N-dealkylation sites (N-methyl/N-ethyl adjacent to an activating group) is 1. The number of benzene rings is 1. The van der Waals surface area contributed by atoms with Crippen LogP contribution in [0.1, 0.15) is 10.4 Å². The maximum atomic E-state index is 12.0. The van der Waals surface area contributed by atoms with E-state index in [0.717, 1.165) is 13.1 Å². The lowest BCUT2D eigenvalue weighted by Gasteiger charge is -2.16. The zero-order valence-electron chi connectivity index (χ0n) is 12.3. The fourth-order valence-electron chi connectivity index (χ4n) is 1.67. The fourth-order valence-corrected chi connectivity index (χ4v) is 1.67. The van der Waals surface area contributed by atoms with Gasteiger partial charge in [0.05, 0.1) is 19.3 Å². The minimum atomic E-state index is -0.193. The minimum absolute atomic E-state index is 0.193. The molecule has 6 nitrogen and oxygen atoms in total. The zero-order chi connectivity index (χ0) is 15.0. The van der Waals surface area contributed by atoms with E-state index in [9.17, 15) is 4.79 Å². The number of methoxy groups -OCH3 is 2. The highest BCUT2D eigenvalue weighted by Crippen LogP contribution is 2.19. The Morgan fingerprint density at radius 2 is 2.10 bits per heavy atom. The number of hydrogen-bond donors (Lipinski definition) is 2. The van der Waals surface area contributed by atoms with Crippen LogP contribution in [0.15, 0.2) is 18.2 Å². The molecular formula is C14H23N3O3. The van der Waals surface area contributed by atoms with Crippen molar-refractivity contribution in [2.75, 3.05) is 53.2 Å². The van der Waals surface area contributed by atoms with E-state index in [1.807, 2.05) is 7.05 Å². The molecule has 0 spiro atoms. The quantitative estimate of drug-likeness (QED) is 0.682. The van der Waals surface area contributed by atoms with Crippen molar-refractivity contribution >= 4 is 11.6 Å². The molecule has 0 aliphatic rings. The largest absolute Gasteiger partial charge is 0.497 e. The molecule has 6 heteroatoms.